The summed E-state index contributed by atoms with van der Waals surface area (Å²) >= 11 is 1.76. The van der Waals surface area contributed by atoms with Crippen LogP contribution < -0.4 is 20.7 Å². The van der Waals surface area contributed by atoms with E-state index in [1.807, 2.05) is 18.2 Å². The summed E-state index contributed by atoms with van der Waals surface area (Å²) in [4.78, 5) is 17.8. The number of hydrogen-bond acceptors (Lipinski definition) is 5. The summed E-state index contributed by atoms with van der Waals surface area (Å²) in [5.74, 6) is 1.06. The monoisotopic (exact) mass is 450 g/mol. The van der Waals surface area contributed by atoms with Gasteiger partial charge in [-0.2, -0.15) is 0 Å². The molecule has 3 heterocycles. The van der Waals surface area contributed by atoms with Crippen molar-refractivity contribution in [3.8, 4) is 5.75 Å². The number of nitrogens with one attached hydrogen (secondary N) is 1. The molecule has 0 saturated carbocycles. The van der Waals surface area contributed by atoms with Crippen molar-refractivity contribution in [2.75, 3.05) is 49.5 Å². The number of hydrogen-bond donors (Lipinski definition) is 2. The Hall–Kier alpha value is -2.77. The van der Waals surface area contributed by atoms with Crippen LogP contribution in [0, 0.1) is 0 Å². The number of primary amides is 1. The Labute approximate surface area is 192 Å². The van der Waals surface area contributed by atoms with Gasteiger partial charge in [0.25, 0.3) is 0 Å². The first-order valence-electron chi connectivity index (χ1n) is 11.5. The number of piperazine rings is 1. The second-order valence-electron chi connectivity index (χ2n) is 8.56. The third-order valence-corrected chi connectivity index (χ3v) is 7.69. The number of nitrogens with zero attached hydrogens (tertiary/aromatic N) is 2. The van der Waals surface area contributed by atoms with Gasteiger partial charge < -0.3 is 20.7 Å². The van der Waals surface area contributed by atoms with Crippen molar-refractivity contribution in [2.24, 2.45) is 5.73 Å². The van der Waals surface area contributed by atoms with E-state index in [1.165, 1.54) is 20.8 Å². The Kier molecular flexibility index (Phi) is 6.19. The number of rotatable bonds is 7. The van der Waals surface area contributed by atoms with Crippen molar-refractivity contribution in [1.29, 1.82) is 0 Å². The maximum Gasteiger partial charge on any atom is 0.316 e. The summed E-state index contributed by atoms with van der Waals surface area (Å²) in [5.41, 5.74) is 8.98. The normalized spacial score (nSPS) is 16.2. The van der Waals surface area contributed by atoms with Gasteiger partial charge in [-0.3, -0.25) is 4.90 Å². The van der Waals surface area contributed by atoms with Crippen molar-refractivity contribution in [3.63, 3.8) is 0 Å². The zero-order chi connectivity index (χ0) is 21.9. The fourth-order valence-corrected chi connectivity index (χ4v) is 5.95. The van der Waals surface area contributed by atoms with Gasteiger partial charge in [-0.15, -0.1) is 11.3 Å². The van der Waals surface area contributed by atoms with Crippen LogP contribution in [0.1, 0.15) is 23.3 Å². The molecule has 1 fully saturated rings. The minimum atomic E-state index is -0.497. The molecule has 2 amide bonds. The van der Waals surface area contributed by atoms with E-state index in [-0.39, 0.29) is 0 Å². The molecule has 3 aromatic rings. The first kappa shape index (κ1) is 21.1. The number of aryl methyl sites for hydroxylation is 1. The van der Waals surface area contributed by atoms with E-state index in [4.69, 9.17) is 10.5 Å². The number of nitrogens with two attached hydrogens (primary N) is 1. The van der Waals surface area contributed by atoms with Crippen LogP contribution in [0.2, 0.25) is 0 Å². The van der Waals surface area contributed by atoms with Gasteiger partial charge in [-0.05, 0) is 55.6 Å². The molecular formula is C25H30N4O2S. The Bertz CT molecular complexity index is 1100. The summed E-state index contributed by atoms with van der Waals surface area (Å²) in [6.45, 7) is 6.28. The SMILES string of the molecule is NC(=O)Nc1c(CCCCN2CCN(c3ccc4c(c3)CCO4)CC2)sc2ccccc12. The molecule has 5 rings (SSSR count). The average molecular weight is 451 g/mol. The number of fused-ring (bicyclic) bond motifs is 2. The fourth-order valence-electron chi connectivity index (χ4n) is 4.75. The molecule has 3 N–H and O–H groups in total. The van der Waals surface area contributed by atoms with Crippen LogP contribution >= 0.6 is 11.3 Å². The van der Waals surface area contributed by atoms with Crippen LogP contribution in [0.5, 0.6) is 5.75 Å². The highest BCUT2D eigenvalue weighted by molar-refractivity contribution is 7.19. The zero-order valence-electron chi connectivity index (χ0n) is 18.3. The number of anilines is 2. The zero-order valence-corrected chi connectivity index (χ0v) is 19.1. The number of unbranched alkanes of at least 4 members (excludes halogenated alkanes) is 1. The van der Waals surface area contributed by atoms with Crippen LogP contribution in [-0.2, 0) is 12.8 Å². The fraction of sp³-hybridized carbons (Fsp3) is 0.400. The molecule has 2 aliphatic rings. The molecule has 2 aliphatic heterocycles. The lowest BCUT2D eigenvalue weighted by Crippen LogP contribution is -2.46. The number of carbonyl (C=O) groups excluding carboxylic acids is 1. The number of urea groups is 1. The largest absolute Gasteiger partial charge is 0.493 e. The number of ether oxygens (including phenoxy) is 1. The quantitative estimate of drug-likeness (QED) is 0.521. The summed E-state index contributed by atoms with van der Waals surface area (Å²) < 4.78 is 6.83. The maximum absolute atomic E-state index is 11.5. The third kappa shape index (κ3) is 4.54. The molecule has 0 aliphatic carbocycles. The minimum Gasteiger partial charge on any atom is -0.493 e. The van der Waals surface area contributed by atoms with Gasteiger partial charge >= 0.3 is 6.03 Å². The van der Waals surface area contributed by atoms with Crippen LogP contribution in [0.15, 0.2) is 42.5 Å². The van der Waals surface area contributed by atoms with Gasteiger partial charge in [0.15, 0.2) is 0 Å². The summed E-state index contributed by atoms with van der Waals surface area (Å²) in [7, 11) is 0. The summed E-state index contributed by atoms with van der Waals surface area (Å²) in [6, 6.07) is 14.3. The van der Waals surface area contributed by atoms with Crippen molar-refractivity contribution in [3.05, 3.63) is 52.9 Å². The second kappa shape index (κ2) is 9.38. The van der Waals surface area contributed by atoms with Crippen LogP contribution in [-0.4, -0.2) is 50.3 Å². The molecule has 0 unspecified atom stereocenters. The molecule has 32 heavy (non-hydrogen) atoms. The van der Waals surface area contributed by atoms with Crippen molar-refractivity contribution in [1.82, 2.24) is 4.90 Å². The molecule has 2 aromatic carbocycles. The van der Waals surface area contributed by atoms with Crippen molar-refractivity contribution in [2.45, 2.75) is 25.7 Å². The lowest BCUT2D eigenvalue weighted by molar-refractivity contribution is 0.253. The van der Waals surface area contributed by atoms with Gasteiger partial charge in [0.05, 0.1) is 12.3 Å². The maximum atomic E-state index is 11.5. The average Bonchev–Trinajstić information content (AvgIpc) is 3.41. The third-order valence-electron chi connectivity index (χ3n) is 6.46. The Morgan fingerprint density at radius 2 is 1.94 bits per heavy atom. The molecule has 1 saturated heterocycles. The topological polar surface area (TPSA) is 70.8 Å². The highest BCUT2D eigenvalue weighted by Crippen LogP contribution is 2.36. The molecule has 7 heteroatoms. The van der Waals surface area contributed by atoms with Gasteiger partial charge in [-0.1, -0.05) is 18.2 Å². The van der Waals surface area contributed by atoms with E-state index in [0.29, 0.717) is 0 Å². The Morgan fingerprint density at radius 1 is 1.09 bits per heavy atom. The van der Waals surface area contributed by atoms with E-state index in [9.17, 15) is 4.79 Å². The molecule has 0 bridgehead atoms. The predicted molar refractivity (Wildman–Crippen MR) is 132 cm³/mol. The van der Waals surface area contributed by atoms with E-state index in [2.05, 4.69) is 39.4 Å². The molecule has 168 valence electrons. The number of amides is 2. The highest BCUT2D eigenvalue weighted by atomic mass is 32.1. The van der Waals surface area contributed by atoms with Crippen molar-refractivity contribution < 1.29 is 9.53 Å². The minimum absolute atomic E-state index is 0.497. The highest BCUT2D eigenvalue weighted by Gasteiger charge is 2.20. The molecule has 1 aromatic heterocycles. The Balaban J connectivity index is 1.10. The molecule has 0 spiro atoms. The first-order valence-corrected chi connectivity index (χ1v) is 12.3. The van der Waals surface area contributed by atoms with Crippen LogP contribution in [0.4, 0.5) is 16.2 Å². The first-order chi connectivity index (χ1) is 15.7. The molecule has 6 nitrogen and oxygen atoms in total. The van der Waals surface area contributed by atoms with E-state index in [1.54, 1.807) is 11.3 Å². The van der Waals surface area contributed by atoms with Gasteiger partial charge in [0.1, 0.15) is 5.75 Å². The van der Waals surface area contributed by atoms with E-state index in [0.717, 1.165) is 81.8 Å². The van der Waals surface area contributed by atoms with Gasteiger partial charge in [-0.25, -0.2) is 4.79 Å². The smallest absolute Gasteiger partial charge is 0.316 e. The van der Waals surface area contributed by atoms with Crippen LogP contribution in [0.3, 0.4) is 0 Å². The van der Waals surface area contributed by atoms with E-state index < -0.39 is 6.03 Å². The standard InChI is InChI=1S/C25H30N4O2S/c26-25(30)27-24-20-5-1-2-6-22(20)32-23(24)7-3-4-11-28-12-14-29(15-13-28)19-8-9-21-18(17-19)10-16-31-21/h1-2,5-6,8-9,17H,3-4,7,10-16H2,(H3,26,27,30). The van der Waals surface area contributed by atoms with E-state index >= 15 is 0 Å². The summed E-state index contributed by atoms with van der Waals surface area (Å²) in [5, 5.41) is 3.93. The van der Waals surface area contributed by atoms with Gasteiger partial charge in [0.2, 0.25) is 0 Å². The number of thiophene rings is 1. The Morgan fingerprint density at radius 3 is 2.78 bits per heavy atom. The van der Waals surface area contributed by atoms with Crippen molar-refractivity contribution >= 4 is 38.8 Å². The number of benzene rings is 2. The predicted octanol–water partition coefficient (Wildman–Crippen LogP) is 4.47. The lowest BCUT2D eigenvalue weighted by Gasteiger charge is -2.36. The lowest BCUT2D eigenvalue weighted by atomic mass is 10.1. The summed E-state index contributed by atoms with van der Waals surface area (Å²) in [6.07, 6.45) is 4.25. The van der Waals surface area contributed by atoms with Gasteiger partial charge in [0, 0.05) is 53.3 Å². The number of carbonyl (C=O) groups is 1. The van der Waals surface area contributed by atoms with Crippen LogP contribution in [0.25, 0.3) is 10.1 Å². The molecular weight excluding hydrogens is 420 g/mol. The molecule has 0 radical (unpaired) electrons. The second-order valence-corrected chi connectivity index (χ2v) is 9.70. The molecule has 0 atom stereocenters.